The highest BCUT2D eigenvalue weighted by Gasteiger charge is 2.19. The number of rotatable bonds is 7. The Balaban J connectivity index is 1.93. The van der Waals surface area contributed by atoms with Crippen molar-refractivity contribution in [3.8, 4) is 5.75 Å². The van der Waals surface area contributed by atoms with E-state index in [0.717, 1.165) is 11.5 Å². The second-order valence-corrected chi connectivity index (χ2v) is 5.44. The van der Waals surface area contributed by atoms with Gasteiger partial charge >= 0.3 is 5.97 Å². The number of amides is 1. The van der Waals surface area contributed by atoms with E-state index in [1.54, 1.807) is 13.0 Å². The topological polar surface area (TPSA) is 90.4 Å². The lowest BCUT2D eigenvalue weighted by atomic mass is 10.1. The van der Waals surface area contributed by atoms with Gasteiger partial charge in [-0.3, -0.25) is 4.79 Å². The van der Waals surface area contributed by atoms with Crippen molar-refractivity contribution in [2.45, 2.75) is 19.8 Å². The Labute approximate surface area is 141 Å². The fraction of sp³-hybridized carbons (Fsp3) is 0.333. The van der Waals surface area contributed by atoms with Gasteiger partial charge in [-0.2, -0.15) is 0 Å². The number of carbonyl (C=O) groups excluding carboxylic acids is 2. The molecule has 0 bridgehead atoms. The zero-order valence-corrected chi connectivity index (χ0v) is 14.0. The highest BCUT2D eigenvalue weighted by Crippen LogP contribution is 2.20. The van der Waals surface area contributed by atoms with E-state index in [1.807, 2.05) is 0 Å². The van der Waals surface area contributed by atoms with Gasteiger partial charge in [-0.1, -0.05) is 10.6 Å². The number of hydrogen-bond donors (Lipinski definition) is 1. The zero-order valence-electron chi connectivity index (χ0n) is 13.2. The van der Waals surface area contributed by atoms with Crippen molar-refractivity contribution in [1.82, 2.24) is 9.59 Å². The number of esters is 1. The lowest BCUT2D eigenvalue weighted by Gasteiger charge is -2.06. The fourth-order valence-electron chi connectivity index (χ4n) is 1.92. The summed E-state index contributed by atoms with van der Waals surface area (Å²) in [5.74, 6) is -1.30. The molecule has 2 aromatic rings. The molecular weight excluding hydrogens is 337 g/mol. The number of anilines is 1. The van der Waals surface area contributed by atoms with E-state index in [-0.39, 0.29) is 35.4 Å². The van der Waals surface area contributed by atoms with Crippen LogP contribution in [-0.2, 0) is 16.0 Å². The maximum absolute atomic E-state index is 13.6. The van der Waals surface area contributed by atoms with Crippen LogP contribution in [0.5, 0.6) is 5.75 Å². The van der Waals surface area contributed by atoms with E-state index >= 15 is 0 Å². The van der Waals surface area contributed by atoms with Crippen LogP contribution in [0.25, 0.3) is 0 Å². The summed E-state index contributed by atoms with van der Waals surface area (Å²) in [6.45, 7) is 1.87. The molecule has 7 nitrogen and oxygen atoms in total. The smallest absolute Gasteiger partial charge is 0.362 e. The number of halogens is 1. The first kappa shape index (κ1) is 17.8. The summed E-state index contributed by atoms with van der Waals surface area (Å²) < 4.78 is 26.9. The third-order valence-electron chi connectivity index (χ3n) is 3.07. The second-order valence-electron chi connectivity index (χ2n) is 4.69. The quantitative estimate of drug-likeness (QED) is 0.769. The Bertz CT molecular complexity index is 735. The van der Waals surface area contributed by atoms with Gasteiger partial charge in [-0.05, 0) is 31.0 Å². The molecule has 0 atom stereocenters. The number of hydrogen-bond acceptors (Lipinski definition) is 7. The molecule has 0 saturated heterocycles. The predicted molar refractivity (Wildman–Crippen MR) is 85.8 cm³/mol. The van der Waals surface area contributed by atoms with E-state index in [9.17, 15) is 14.0 Å². The molecule has 0 fully saturated rings. The Kier molecular flexibility index (Phi) is 6.19. The van der Waals surface area contributed by atoms with Crippen molar-refractivity contribution in [2.24, 2.45) is 0 Å². The summed E-state index contributed by atoms with van der Waals surface area (Å²) in [5, 5.41) is 6.46. The molecule has 1 heterocycles. The van der Waals surface area contributed by atoms with Crippen LogP contribution in [0.4, 0.5) is 9.39 Å². The van der Waals surface area contributed by atoms with Gasteiger partial charge in [0, 0.05) is 18.0 Å². The van der Waals surface area contributed by atoms with Gasteiger partial charge in [-0.25, -0.2) is 9.18 Å². The largest absolute Gasteiger partial charge is 0.494 e. The van der Waals surface area contributed by atoms with Crippen molar-refractivity contribution >= 4 is 28.4 Å². The number of benzene rings is 1. The average Bonchev–Trinajstić information content (AvgIpc) is 3.01. The summed E-state index contributed by atoms with van der Waals surface area (Å²) in [4.78, 5) is 23.7. The number of aryl methyl sites for hydroxylation is 1. The summed E-state index contributed by atoms with van der Waals surface area (Å²) >= 11 is 0.891. The number of ether oxygens (including phenoxy) is 2. The molecule has 0 unspecified atom stereocenters. The molecule has 1 amide bonds. The minimum absolute atomic E-state index is 0.0225. The van der Waals surface area contributed by atoms with Crippen LogP contribution in [0.2, 0.25) is 0 Å². The van der Waals surface area contributed by atoms with Gasteiger partial charge in [0.1, 0.15) is 0 Å². The van der Waals surface area contributed by atoms with Crippen LogP contribution < -0.4 is 10.1 Å². The Morgan fingerprint density at radius 2 is 2.17 bits per heavy atom. The molecule has 1 aromatic heterocycles. The van der Waals surface area contributed by atoms with Crippen LogP contribution in [0.3, 0.4) is 0 Å². The van der Waals surface area contributed by atoms with E-state index in [0.29, 0.717) is 12.0 Å². The molecule has 0 aliphatic carbocycles. The molecule has 0 spiro atoms. The van der Waals surface area contributed by atoms with Crippen LogP contribution in [0, 0.1) is 5.82 Å². The molecule has 1 aromatic carbocycles. The molecular formula is C15H16FN3O4S. The third kappa shape index (κ3) is 4.48. The lowest BCUT2D eigenvalue weighted by Crippen LogP contribution is -2.15. The first-order chi connectivity index (χ1) is 11.5. The van der Waals surface area contributed by atoms with Gasteiger partial charge in [0.25, 0.3) is 0 Å². The maximum atomic E-state index is 13.6. The van der Waals surface area contributed by atoms with E-state index in [1.165, 1.54) is 19.2 Å². The van der Waals surface area contributed by atoms with E-state index in [4.69, 9.17) is 9.47 Å². The van der Waals surface area contributed by atoms with Gasteiger partial charge in [0.05, 0.1) is 13.7 Å². The van der Waals surface area contributed by atoms with Gasteiger partial charge in [0.15, 0.2) is 16.6 Å². The number of aromatic nitrogens is 2. The molecule has 0 aliphatic heterocycles. The summed E-state index contributed by atoms with van der Waals surface area (Å²) in [6.07, 6.45) is 0.458. The fourth-order valence-corrected chi connectivity index (χ4v) is 2.49. The first-order valence-corrected chi connectivity index (χ1v) is 7.94. The highest BCUT2D eigenvalue weighted by molar-refractivity contribution is 7.10. The molecule has 1 N–H and O–H groups in total. The molecule has 0 radical (unpaired) electrons. The summed E-state index contributed by atoms with van der Waals surface area (Å²) in [7, 11) is 1.38. The monoisotopic (exact) mass is 353 g/mol. The normalized spacial score (nSPS) is 10.3. The maximum Gasteiger partial charge on any atom is 0.362 e. The van der Waals surface area contributed by atoms with Gasteiger partial charge < -0.3 is 14.8 Å². The number of methoxy groups -OCH3 is 1. The second kappa shape index (κ2) is 8.34. The summed E-state index contributed by atoms with van der Waals surface area (Å²) in [6, 6.07) is 4.52. The van der Waals surface area contributed by atoms with Crippen molar-refractivity contribution in [3.05, 3.63) is 35.3 Å². The molecule has 2 rings (SSSR count). The van der Waals surface area contributed by atoms with Crippen LogP contribution in [0.15, 0.2) is 18.2 Å². The lowest BCUT2D eigenvalue weighted by molar-refractivity contribution is -0.116. The van der Waals surface area contributed by atoms with Gasteiger partial charge in [-0.15, -0.1) is 5.10 Å². The number of nitrogens with zero attached hydrogens (tertiary/aromatic N) is 2. The van der Waals surface area contributed by atoms with Crippen molar-refractivity contribution in [1.29, 1.82) is 0 Å². The average molecular weight is 353 g/mol. The zero-order chi connectivity index (χ0) is 17.5. The molecule has 0 aliphatic rings. The van der Waals surface area contributed by atoms with E-state index < -0.39 is 11.8 Å². The molecule has 9 heteroatoms. The van der Waals surface area contributed by atoms with E-state index in [2.05, 4.69) is 14.9 Å². The minimum atomic E-state index is -0.640. The molecule has 128 valence electrons. The number of carbonyl (C=O) groups is 2. The van der Waals surface area contributed by atoms with Gasteiger partial charge in [0.2, 0.25) is 11.6 Å². The predicted octanol–water partition coefficient (Wildman–Crippen LogP) is 2.43. The highest BCUT2D eigenvalue weighted by atomic mass is 32.1. The Morgan fingerprint density at radius 1 is 1.38 bits per heavy atom. The summed E-state index contributed by atoms with van der Waals surface area (Å²) in [5.41, 5.74) is 0.641. The third-order valence-corrected chi connectivity index (χ3v) is 3.71. The molecule has 24 heavy (non-hydrogen) atoms. The first-order valence-electron chi connectivity index (χ1n) is 7.16. The van der Waals surface area contributed by atoms with Crippen molar-refractivity contribution < 1.29 is 23.5 Å². The van der Waals surface area contributed by atoms with Crippen LogP contribution in [-0.4, -0.2) is 35.2 Å². The van der Waals surface area contributed by atoms with Crippen molar-refractivity contribution in [3.63, 3.8) is 0 Å². The Hall–Kier alpha value is -2.55. The van der Waals surface area contributed by atoms with Crippen LogP contribution >= 0.6 is 11.5 Å². The Morgan fingerprint density at radius 3 is 2.83 bits per heavy atom. The number of nitrogens with one attached hydrogen (secondary N) is 1. The van der Waals surface area contributed by atoms with Crippen molar-refractivity contribution in [2.75, 3.05) is 19.0 Å². The SMILES string of the molecule is CCOC(=O)c1nnsc1NC(=O)CCc1ccc(OC)c(F)c1. The minimum Gasteiger partial charge on any atom is -0.494 e. The molecule has 0 saturated carbocycles. The van der Waals surface area contributed by atoms with Crippen LogP contribution in [0.1, 0.15) is 29.4 Å². The standard InChI is InChI=1S/C15H16FN3O4S/c1-3-23-15(21)13-14(24-19-18-13)17-12(20)7-5-9-4-6-11(22-2)10(16)8-9/h4,6,8H,3,5,7H2,1-2H3,(H,17,20).